The fraction of sp³-hybridized carbons (Fsp3) is 0.529. The molecule has 2 bridgehead atoms. The second-order valence-corrected chi connectivity index (χ2v) is 7.15. The summed E-state index contributed by atoms with van der Waals surface area (Å²) in [6.07, 6.45) is 5.18. The number of hydrogen-bond acceptors (Lipinski definition) is 7. The largest absolute Gasteiger partial charge is 0.504 e. The van der Waals surface area contributed by atoms with Crippen molar-refractivity contribution in [1.82, 2.24) is 4.90 Å². The zero-order valence-electron chi connectivity index (χ0n) is 13.7. The standard InChI is InChI=1S/C17H19NO3.NO3/c1-18-7-6-17-10-3-5-13(20)16(17)21-15-12(19)4-2-9(14(15)17)8-11(10)18;2-1(3)4/h2-5,10-11,13,16,19-20H,6-8H2,1H3;/q;-1. The maximum Gasteiger partial charge on any atom is 0.165 e. The van der Waals surface area contributed by atoms with Crippen molar-refractivity contribution in [2.45, 2.75) is 36.5 Å². The highest BCUT2D eigenvalue weighted by Gasteiger charge is 2.64. The first-order chi connectivity index (χ1) is 11.9. The second-order valence-electron chi connectivity index (χ2n) is 7.15. The van der Waals surface area contributed by atoms with Crippen LogP contribution in [0.25, 0.3) is 0 Å². The van der Waals surface area contributed by atoms with Gasteiger partial charge in [0, 0.05) is 22.9 Å². The van der Waals surface area contributed by atoms with E-state index in [0.717, 1.165) is 19.4 Å². The maximum absolute atomic E-state index is 10.4. The molecule has 25 heavy (non-hydrogen) atoms. The number of hydrogen-bond donors (Lipinski definition) is 2. The van der Waals surface area contributed by atoms with E-state index >= 15 is 0 Å². The van der Waals surface area contributed by atoms with Crippen molar-refractivity contribution >= 4 is 0 Å². The Kier molecular flexibility index (Phi) is 3.45. The van der Waals surface area contributed by atoms with Crippen molar-refractivity contribution < 1.29 is 20.0 Å². The number of ether oxygens (including phenoxy) is 1. The molecule has 1 aromatic carbocycles. The number of phenolic OH excluding ortho intramolecular Hbond substituents is 1. The van der Waals surface area contributed by atoms with Gasteiger partial charge >= 0.3 is 0 Å². The van der Waals surface area contributed by atoms with Gasteiger partial charge in [-0.05, 0) is 38.1 Å². The van der Waals surface area contributed by atoms with Crippen molar-refractivity contribution in [3.05, 3.63) is 50.7 Å². The second kappa shape index (κ2) is 5.34. The van der Waals surface area contributed by atoms with Gasteiger partial charge in [-0.25, -0.2) is 0 Å². The van der Waals surface area contributed by atoms with Gasteiger partial charge in [-0.1, -0.05) is 18.2 Å². The summed E-state index contributed by atoms with van der Waals surface area (Å²) >= 11 is 0. The van der Waals surface area contributed by atoms with Crippen LogP contribution in [0.15, 0.2) is 24.3 Å². The summed E-state index contributed by atoms with van der Waals surface area (Å²) in [6.45, 7) is 1.01. The summed E-state index contributed by atoms with van der Waals surface area (Å²) in [7, 11) is 2.19. The molecule has 4 aliphatic rings. The first kappa shape index (κ1) is 16.2. The average Bonchev–Trinajstić information content (AvgIpc) is 2.90. The van der Waals surface area contributed by atoms with Gasteiger partial charge in [-0.15, -0.1) is 0 Å². The molecule has 1 saturated heterocycles. The quantitative estimate of drug-likeness (QED) is 0.407. The number of likely N-dealkylation sites (N-methyl/N-ethyl adjacent to an activating group) is 1. The van der Waals surface area contributed by atoms with Gasteiger partial charge in [-0.3, -0.25) is 0 Å². The van der Waals surface area contributed by atoms with Gasteiger partial charge in [0.15, 0.2) is 11.5 Å². The van der Waals surface area contributed by atoms with Crippen LogP contribution in [0.3, 0.4) is 0 Å². The first-order valence-electron chi connectivity index (χ1n) is 8.26. The number of nitrogens with zero attached hydrogens (tertiary/aromatic N) is 2. The minimum Gasteiger partial charge on any atom is -0.504 e. The lowest BCUT2D eigenvalue weighted by molar-refractivity contribution is -0.402. The Hall–Kier alpha value is -2.32. The third kappa shape index (κ3) is 2.07. The number of aliphatic hydroxyl groups is 1. The average molecular weight is 347 g/mol. The van der Waals surface area contributed by atoms with E-state index in [2.05, 4.69) is 18.0 Å². The predicted molar refractivity (Wildman–Crippen MR) is 87.9 cm³/mol. The van der Waals surface area contributed by atoms with Gasteiger partial charge in [0.05, 0.1) is 5.09 Å². The van der Waals surface area contributed by atoms with Crippen LogP contribution in [0.2, 0.25) is 0 Å². The first-order valence-corrected chi connectivity index (χ1v) is 8.26. The Bertz CT molecular complexity index is 762. The highest BCUT2D eigenvalue weighted by molar-refractivity contribution is 5.61. The number of benzene rings is 1. The molecular weight excluding hydrogens is 328 g/mol. The Labute approximate surface area is 144 Å². The van der Waals surface area contributed by atoms with Gasteiger partial charge in [0.25, 0.3) is 0 Å². The van der Waals surface area contributed by atoms with Gasteiger partial charge in [0.2, 0.25) is 0 Å². The van der Waals surface area contributed by atoms with Gasteiger partial charge < -0.3 is 35.2 Å². The molecule has 2 heterocycles. The Balaban J connectivity index is 0.000000358. The summed E-state index contributed by atoms with van der Waals surface area (Å²) in [5, 5.41) is 35.4. The van der Waals surface area contributed by atoms with E-state index in [4.69, 9.17) is 20.1 Å². The molecule has 8 nitrogen and oxygen atoms in total. The summed E-state index contributed by atoms with van der Waals surface area (Å²) < 4.78 is 6.09. The molecule has 2 aliphatic heterocycles. The molecule has 5 unspecified atom stereocenters. The fourth-order valence-corrected chi connectivity index (χ4v) is 5.24. The highest BCUT2D eigenvalue weighted by atomic mass is 16.9. The van der Waals surface area contributed by atoms with Crippen LogP contribution in [0.4, 0.5) is 0 Å². The van der Waals surface area contributed by atoms with E-state index in [-0.39, 0.29) is 17.3 Å². The number of phenols is 1. The van der Waals surface area contributed by atoms with Crippen LogP contribution in [0.5, 0.6) is 11.5 Å². The van der Waals surface area contributed by atoms with Crippen LogP contribution >= 0.6 is 0 Å². The molecule has 0 saturated carbocycles. The third-order valence-electron chi connectivity index (χ3n) is 6.15. The fourth-order valence-electron chi connectivity index (χ4n) is 5.24. The Morgan fingerprint density at radius 2 is 2.08 bits per heavy atom. The molecule has 0 aromatic heterocycles. The van der Waals surface area contributed by atoms with Crippen LogP contribution in [0, 0.1) is 21.2 Å². The zero-order valence-corrected chi connectivity index (χ0v) is 13.7. The minimum atomic E-state index is -1.75. The molecule has 8 heteroatoms. The number of rotatable bonds is 0. The van der Waals surface area contributed by atoms with Crippen LogP contribution in [0.1, 0.15) is 17.5 Å². The molecule has 0 radical (unpaired) electrons. The third-order valence-corrected chi connectivity index (χ3v) is 6.15. The normalized spacial score (nSPS) is 36.7. The summed E-state index contributed by atoms with van der Waals surface area (Å²) in [5.41, 5.74) is 2.29. The molecule has 1 aromatic rings. The summed E-state index contributed by atoms with van der Waals surface area (Å²) in [4.78, 5) is 10.7. The molecule has 2 N–H and O–H groups in total. The molecule has 1 spiro atoms. The van der Waals surface area contributed by atoms with E-state index < -0.39 is 11.2 Å². The zero-order chi connectivity index (χ0) is 17.9. The number of piperidine rings is 1. The molecule has 5 atom stereocenters. The van der Waals surface area contributed by atoms with Crippen molar-refractivity contribution in [3.63, 3.8) is 0 Å². The SMILES string of the molecule is CN1CCC23c4c5ccc(O)c4OC2C(O)C=CC3C1C5.O=[N+]([O-])[O-]. The van der Waals surface area contributed by atoms with Crippen LogP contribution in [-0.2, 0) is 11.8 Å². The Morgan fingerprint density at radius 3 is 2.80 bits per heavy atom. The summed E-state index contributed by atoms with van der Waals surface area (Å²) in [5.74, 6) is 1.19. The molecule has 0 amide bonds. The van der Waals surface area contributed by atoms with E-state index in [1.54, 1.807) is 6.07 Å². The summed E-state index contributed by atoms with van der Waals surface area (Å²) in [6, 6.07) is 4.23. The van der Waals surface area contributed by atoms with Crippen LogP contribution in [-0.4, -0.2) is 52.0 Å². The molecule has 134 valence electrons. The van der Waals surface area contributed by atoms with Gasteiger partial charge in [0.1, 0.15) is 12.2 Å². The van der Waals surface area contributed by atoms with E-state index in [1.807, 2.05) is 12.1 Å². The smallest absolute Gasteiger partial charge is 0.165 e. The molecule has 1 fully saturated rings. The molecule has 5 rings (SSSR count). The number of aliphatic hydroxyl groups excluding tert-OH is 1. The number of aromatic hydroxyl groups is 1. The van der Waals surface area contributed by atoms with Crippen molar-refractivity contribution in [1.29, 1.82) is 0 Å². The van der Waals surface area contributed by atoms with Gasteiger partial charge in [-0.2, -0.15) is 0 Å². The maximum atomic E-state index is 10.4. The minimum absolute atomic E-state index is 0.160. The molecule has 2 aliphatic carbocycles. The molecular formula is C17H19N2O6-. The van der Waals surface area contributed by atoms with E-state index in [9.17, 15) is 10.2 Å². The van der Waals surface area contributed by atoms with Crippen LogP contribution < -0.4 is 4.74 Å². The topological polar surface area (TPSA) is 119 Å². The lowest BCUT2D eigenvalue weighted by Crippen LogP contribution is -2.64. The highest BCUT2D eigenvalue weighted by Crippen LogP contribution is 2.62. The van der Waals surface area contributed by atoms with Crippen molar-refractivity contribution in [3.8, 4) is 11.5 Å². The lowest BCUT2D eigenvalue weighted by Gasteiger charge is -2.56. The number of likely N-dealkylation sites (tertiary alicyclic amines) is 1. The monoisotopic (exact) mass is 347 g/mol. The Morgan fingerprint density at radius 1 is 1.36 bits per heavy atom. The van der Waals surface area contributed by atoms with Crippen molar-refractivity contribution in [2.75, 3.05) is 13.6 Å². The van der Waals surface area contributed by atoms with E-state index in [1.165, 1.54) is 11.1 Å². The predicted octanol–water partition coefficient (Wildman–Crippen LogP) is 0.959. The van der Waals surface area contributed by atoms with Crippen molar-refractivity contribution in [2.24, 2.45) is 5.92 Å². The van der Waals surface area contributed by atoms with E-state index in [0.29, 0.717) is 17.7 Å². The lowest BCUT2D eigenvalue weighted by atomic mass is 9.53.